The Morgan fingerprint density at radius 1 is 0.923 bits per heavy atom. The molecule has 26 heavy (non-hydrogen) atoms. The van der Waals surface area contributed by atoms with E-state index in [1.54, 1.807) is 30.4 Å². The maximum Gasteiger partial charge on any atom is 0.446 e. The van der Waals surface area contributed by atoms with Crippen molar-refractivity contribution in [1.82, 2.24) is 0 Å². The summed E-state index contributed by atoms with van der Waals surface area (Å²) >= 11 is 0. The van der Waals surface area contributed by atoms with Gasteiger partial charge in [0, 0.05) is 0 Å². The summed E-state index contributed by atoms with van der Waals surface area (Å²) in [5.74, 6) is 0.222. The molecule has 0 saturated carbocycles. The smallest absolute Gasteiger partial charge is 0.446 e. The van der Waals surface area contributed by atoms with Crippen LogP contribution in [0, 0.1) is 5.92 Å². The molecule has 6 nitrogen and oxygen atoms in total. The van der Waals surface area contributed by atoms with Crippen LogP contribution < -0.4 is 4.18 Å². The van der Waals surface area contributed by atoms with Crippen molar-refractivity contribution in [3.63, 3.8) is 0 Å². The summed E-state index contributed by atoms with van der Waals surface area (Å²) in [7, 11) is -4.55. The predicted octanol–water partition coefficient (Wildman–Crippen LogP) is 4.12. The molecule has 2 aromatic carbocycles. The van der Waals surface area contributed by atoms with Gasteiger partial charge in [0.2, 0.25) is 0 Å². The van der Waals surface area contributed by atoms with Crippen LogP contribution in [0.15, 0.2) is 42.5 Å². The van der Waals surface area contributed by atoms with E-state index < -0.39 is 10.4 Å². The molecule has 0 radical (unpaired) electrons. The first kappa shape index (κ1) is 19.6. The second-order valence-electron chi connectivity index (χ2n) is 5.99. The Morgan fingerprint density at radius 3 is 1.96 bits per heavy atom. The Hall–Kier alpha value is -2.77. The fourth-order valence-electron chi connectivity index (χ4n) is 2.15. The molecular weight excluding hydrogens is 356 g/mol. The standard InChI is InChI=1S/C19H20O6S/c1-13(2)3-10-17-18(20)11-15(12-19(17)21)5-4-14-6-8-16(9-7-14)25-26(22,23)24/h3-13,20-21H,1-2H3,(H,22,23,24)/b5-4+,10-3+. The third-order valence-corrected chi connectivity index (χ3v) is 3.76. The average Bonchev–Trinajstić information content (AvgIpc) is 2.51. The molecule has 0 aliphatic rings. The van der Waals surface area contributed by atoms with Gasteiger partial charge >= 0.3 is 10.4 Å². The van der Waals surface area contributed by atoms with Crippen LogP contribution in [0.25, 0.3) is 18.2 Å². The van der Waals surface area contributed by atoms with E-state index in [2.05, 4.69) is 4.18 Å². The number of hydrogen-bond acceptors (Lipinski definition) is 5. The largest absolute Gasteiger partial charge is 0.507 e. The van der Waals surface area contributed by atoms with Gasteiger partial charge in [-0.25, -0.2) is 0 Å². The molecule has 0 unspecified atom stereocenters. The average molecular weight is 376 g/mol. The summed E-state index contributed by atoms with van der Waals surface area (Å²) in [6.45, 7) is 3.99. The van der Waals surface area contributed by atoms with E-state index in [1.807, 2.05) is 19.9 Å². The second kappa shape index (κ2) is 8.07. The van der Waals surface area contributed by atoms with Crippen molar-refractivity contribution in [2.24, 2.45) is 5.92 Å². The van der Waals surface area contributed by atoms with Gasteiger partial charge in [0.1, 0.15) is 17.2 Å². The molecule has 138 valence electrons. The molecule has 3 N–H and O–H groups in total. The van der Waals surface area contributed by atoms with Crippen LogP contribution >= 0.6 is 0 Å². The Kier molecular flexibility index (Phi) is 6.07. The fraction of sp³-hybridized carbons (Fsp3) is 0.158. The van der Waals surface area contributed by atoms with Crippen LogP contribution in [0.3, 0.4) is 0 Å². The van der Waals surface area contributed by atoms with Crippen LogP contribution in [0.1, 0.15) is 30.5 Å². The van der Waals surface area contributed by atoms with Crippen molar-refractivity contribution in [3.05, 3.63) is 59.2 Å². The van der Waals surface area contributed by atoms with Gasteiger partial charge in [0.25, 0.3) is 0 Å². The maximum absolute atomic E-state index is 10.6. The molecule has 0 saturated heterocycles. The highest BCUT2D eigenvalue weighted by Crippen LogP contribution is 2.31. The SMILES string of the molecule is CC(C)/C=C/c1c(O)cc(/C=C/c2ccc(OS(=O)(=O)O)cc2)cc1O. The van der Waals surface area contributed by atoms with Crippen LogP contribution in [0.4, 0.5) is 0 Å². The van der Waals surface area contributed by atoms with Crippen molar-refractivity contribution in [3.8, 4) is 17.2 Å². The first-order valence-corrected chi connectivity index (χ1v) is 9.20. The molecule has 0 amide bonds. The lowest BCUT2D eigenvalue weighted by molar-refractivity contribution is 0.387. The Labute approximate surface area is 152 Å². The van der Waals surface area contributed by atoms with Crippen LogP contribution in [0.5, 0.6) is 17.2 Å². The molecule has 0 aromatic heterocycles. The zero-order valence-electron chi connectivity index (χ0n) is 14.3. The number of phenols is 2. The van der Waals surface area contributed by atoms with Crippen molar-refractivity contribution < 1.29 is 27.4 Å². The van der Waals surface area contributed by atoms with Gasteiger partial charge in [-0.3, -0.25) is 4.55 Å². The molecule has 0 aliphatic carbocycles. The fourth-order valence-corrected chi connectivity index (χ4v) is 2.50. The summed E-state index contributed by atoms with van der Waals surface area (Å²) in [5, 5.41) is 20.2. The van der Waals surface area contributed by atoms with E-state index in [1.165, 1.54) is 24.3 Å². The second-order valence-corrected chi connectivity index (χ2v) is 7.01. The minimum atomic E-state index is -4.55. The van der Waals surface area contributed by atoms with Crippen molar-refractivity contribution in [2.75, 3.05) is 0 Å². The zero-order chi connectivity index (χ0) is 19.3. The maximum atomic E-state index is 10.6. The van der Waals surface area contributed by atoms with Gasteiger partial charge < -0.3 is 14.4 Å². The van der Waals surface area contributed by atoms with Crippen LogP contribution in [-0.4, -0.2) is 23.2 Å². The molecular formula is C19H20O6S. The van der Waals surface area contributed by atoms with Gasteiger partial charge in [0.15, 0.2) is 0 Å². The molecule has 0 aliphatic heterocycles. The van der Waals surface area contributed by atoms with Crippen molar-refractivity contribution in [2.45, 2.75) is 13.8 Å². The Morgan fingerprint density at radius 2 is 1.46 bits per heavy atom. The minimum absolute atomic E-state index is 0.0127. The summed E-state index contributed by atoms with van der Waals surface area (Å²) in [6.07, 6.45) is 6.96. The number of allylic oxidation sites excluding steroid dienone is 1. The third-order valence-electron chi connectivity index (χ3n) is 3.36. The molecule has 0 heterocycles. The summed E-state index contributed by atoms with van der Waals surface area (Å²) < 4.78 is 34.2. The van der Waals surface area contributed by atoms with Gasteiger partial charge in [-0.15, -0.1) is 0 Å². The summed E-state index contributed by atoms with van der Waals surface area (Å²) in [5.41, 5.74) is 1.69. The monoisotopic (exact) mass is 376 g/mol. The van der Waals surface area contributed by atoms with E-state index in [0.717, 1.165) is 5.56 Å². The van der Waals surface area contributed by atoms with Gasteiger partial charge in [0.05, 0.1) is 5.56 Å². The van der Waals surface area contributed by atoms with Crippen LogP contribution in [0.2, 0.25) is 0 Å². The van der Waals surface area contributed by atoms with Gasteiger partial charge in [-0.1, -0.05) is 50.3 Å². The topological polar surface area (TPSA) is 104 Å². The summed E-state index contributed by atoms with van der Waals surface area (Å²) in [6, 6.07) is 9.04. The lowest BCUT2D eigenvalue weighted by Gasteiger charge is -2.06. The molecule has 0 fully saturated rings. The molecule has 2 rings (SSSR count). The highest BCUT2D eigenvalue weighted by Gasteiger charge is 2.07. The van der Waals surface area contributed by atoms with E-state index >= 15 is 0 Å². The normalized spacial score (nSPS) is 12.3. The van der Waals surface area contributed by atoms with Crippen LogP contribution in [-0.2, 0) is 10.4 Å². The van der Waals surface area contributed by atoms with Gasteiger partial charge in [-0.05, 0) is 41.3 Å². The number of phenolic OH excluding ortho intramolecular Hbond substituents is 2. The lowest BCUT2D eigenvalue weighted by atomic mass is 10.1. The molecule has 0 atom stereocenters. The zero-order valence-corrected chi connectivity index (χ0v) is 15.1. The number of benzene rings is 2. The Bertz CT molecular complexity index is 902. The van der Waals surface area contributed by atoms with E-state index in [4.69, 9.17) is 4.55 Å². The van der Waals surface area contributed by atoms with E-state index in [-0.39, 0.29) is 17.2 Å². The molecule has 7 heteroatoms. The molecule has 0 bridgehead atoms. The number of aromatic hydroxyl groups is 2. The first-order valence-electron chi connectivity index (χ1n) is 7.83. The molecule has 2 aromatic rings. The number of rotatable bonds is 6. The first-order chi connectivity index (χ1) is 12.1. The highest BCUT2D eigenvalue weighted by molar-refractivity contribution is 7.81. The van der Waals surface area contributed by atoms with Crippen molar-refractivity contribution >= 4 is 28.6 Å². The third kappa shape index (κ3) is 5.94. The van der Waals surface area contributed by atoms with Crippen molar-refractivity contribution in [1.29, 1.82) is 0 Å². The quantitative estimate of drug-likeness (QED) is 0.517. The molecule has 0 spiro atoms. The highest BCUT2D eigenvalue weighted by atomic mass is 32.3. The van der Waals surface area contributed by atoms with Gasteiger partial charge in [-0.2, -0.15) is 8.42 Å². The lowest BCUT2D eigenvalue weighted by Crippen LogP contribution is -2.06. The minimum Gasteiger partial charge on any atom is -0.507 e. The van der Waals surface area contributed by atoms with E-state index in [9.17, 15) is 18.6 Å². The summed E-state index contributed by atoms with van der Waals surface area (Å²) in [4.78, 5) is 0. The predicted molar refractivity (Wildman–Crippen MR) is 101 cm³/mol. The number of hydrogen-bond donors (Lipinski definition) is 3. The van der Waals surface area contributed by atoms with E-state index in [0.29, 0.717) is 17.0 Å². The Balaban J connectivity index is 2.18.